The van der Waals surface area contributed by atoms with E-state index in [1.165, 1.54) is 24.3 Å². The fourth-order valence-corrected chi connectivity index (χ4v) is 9.55. The van der Waals surface area contributed by atoms with Crippen LogP contribution in [-0.2, 0) is 14.8 Å². The van der Waals surface area contributed by atoms with Gasteiger partial charge in [0.2, 0.25) is 15.9 Å². The molecular weight excluding hydrogens is 645 g/mol. The van der Waals surface area contributed by atoms with Crippen molar-refractivity contribution >= 4 is 45.0 Å². The van der Waals surface area contributed by atoms with Gasteiger partial charge in [-0.15, -0.1) is 0 Å². The highest BCUT2D eigenvalue weighted by Crippen LogP contribution is 2.39. The Morgan fingerprint density at radius 2 is 1.63 bits per heavy atom. The van der Waals surface area contributed by atoms with Crippen LogP contribution >= 0.6 is 0 Å². The molecular formula is C35H50N8O5S. The third-order valence-corrected chi connectivity index (χ3v) is 12.8. The van der Waals surface area contributed by atoms with Crippen LogP contribution in [0.25, 0.3) is 0 Å². The molecule has 4 heterocycles. The molecule has 4 fully saturated rings. The van der Waals surface area contributed by atoms with Gasteiger partial charge in [0.15, 0.2) is 5.82 Å². The van der Waals surface area contributed by atoms with Crippen LogP contribution in [0.5, 0.6) is 0 Å². The fourth-order valence-electron chi connectivity index (χ4n) is 8.20. The molecule has 1 aromatic carbocycles. The van der Waals surface area contributed by atoms with Crippen molar-refractivity contribution in [3.8, 4) is 0 Å². The van der Waals surface area contributed by atoms with Gasteiger partial charge in [-0.25, -0.2) is 22.9 Å². The van der Waals surface area contributed by atoms with E-state index in [0.29, 0.717) is 55.0 Å². The lowest BCUT2D eigenvalue weighted by molar-refractivity contribution is -0.119. The van der Waals surface area contributed by atoms with Crippen molar-refractivity contribution in [2.24, 2.45) is 5.92 Å². The molecule has 1 aromatic heterocycles. The van der Waals surface area contributed by atoms with Gasteiger partial charge in [-0.2, -0.15) is 0 Å². The number of anilines is 4. The number of nitrogens with one attached hydrogen (secondary N) is 2. The largest absolute Gasteiger partial charge is 0.465 e. The van der Waals surface area contributed by atoms with Gasteiger partial charge >= 0.3 is 6.09 Å². The molecule has 2 amide bonds. The maximum Gasteiger partial charge on any atom is 0.407 e. The SMILES string of the molecule is C[C@@H]1C(=O)N(C)c2ccc(Nc3cccc(S(=O)(=O)NC4CCC(N5CCN(CC6CC6)CC5)CC4)c3)nc2N1C1CCN(C(=O)O)CC1. The normalized spacial score (nSPS) is 26.1. The van der Waals surface area contributed by atoms with E-state index in [2.05, 4.69) is 19.8 Å². The predicted molar refractivity (Wildman–Crippen MR) is 189 cm³/mol. The Bertz CT molecular complexity index is 1630. The summed E-state index contributed by atoms with van der Waals surface area (Å²) < 4.78 is 30.1. The minimum atomic E-state index is -3.73. The molecule has 49 heavy (non-hydrogen) atoms. The molecule has 0 bridgehead atoms. The van der Waals surface area contributed by atoms with Crippen molar-refractivity contribution in [2.45, 2.75) is 87.4 Å². The number of likely N-dealkylation sites (N-methyl/N-ethyl adjacent to an activating group) is 1. The summed E-state index contributed by atoms with van der Waals surface area (Å²) >= 11 is 0. The number of carbonyl (C=O) groups excluding carboxylic acids is 1. The Labute approximate surface area is 289 Å². The highest BCUT2D eigenvalue weighted by molar-refractivity contribution is 7.89. The fraction of sp³-hybridized carbons (Fsp3) is 0.629. The zero-order chi connectivity index (χ0) is 34.3. The number of amides is 2. The number of sulfonamides is 1. The minimum Gasteiger partial charge on any atom is -0.465 e. The van der Waals surface area contributed by atoms with E-state index >= 15 is 0 Å². The smallest absolute Gasteiger partial charge is 0.407 e. The quantitative estimate of drug-likeness (QED) is 0.356. The molecule has 2 saturated carbocycles. The average molecular weight is 695 g/mol. The van der Waals surface area contributed by atoms with Crippen LogP contribution in [0.4, 0.5) is 27.8 Å². The van der Waals surface area contributed by atoms with Crippen LogP contribution in [0.3, 0.4) is 0 Å². The first-order valence-corrected chi connectivity index (χ1v) is 19.4. The molecule has 3 N–H and O–H groups in total. The lowest BCUT2D eigenvalue weighted by Gasteiger charge is -2.45. The number of piperidine rings is 1. The highest BCUT2D eigenvalue weighted by Gasteiger charge is 2.40. The van der Waals surface area contributed by atoms with Gasteiger partial charge in [-0.1, -0.05) is 6.07 Å². The monoisotopic (exact) mass is 694 g/mol. The molecule has 0 unspecified atom stereocenters. The molecule has 2 aromatic rings. The second kappa shape index (κ2) is 14.0. The Kier molecular flexibility index (Phi) is 9.75. The number of carbonyl (C=O) groups is 2. The number of hydrogen-bond acceptors (Lipinski definition) is 9. The Hall–Kier alpha value is -3.46. The summed E-state index contributed by atoms with van der Waals surface area (Å²) in [4.78, 5) is 40.1. The molecule has 2 saturated heterocycles. The third-order valence-electron chi connectivity index (χ3n) is 11.3. The van der Waals surface area contributed by atoms with Crippen molar-refractivity contribution in [1.29, 1.82) is 0 Å². The average Bonchev–Trinajstić information content (AvgIpc) is 3.92. The number of carboxylic acid groups (broad SMARTS) is 1. The molecule has 13 nitrogen and oxygen atoms in total. The molecule has 7 rings (SSSR count). The third kappa shape index (κ3) is 7.52. The molecule has 3 aliphatic heterocycles. The summed E-state index contributed by atoms with van der Waals surface area (Å²) in [6.45, 7) is 8.45. The molecule has 0 spiro atoms. The summed E-state index contributed by atoms with van der Waals surface area (Å²) in [5.74, 6) is 2.06. The number of fused-ring (bicyclic) bond motifs is 1. The van der Waals surface area contributed by atoms with E-state index < -0.39 is 22.2 Å². The van der Waals surface area contributed by atoms with Crippen LogP contribution in [0.1, 0.15) is 58.3 Å². The van der Waals surface area contributed by atoms with Crippen LogP contribution < -0.4 is 19.8 Å². The summed E-state index contributed by atoms with van der Waals surface area (Å²) in [7, 11) is -1.99. The standard InChI is InChI=1S/C35H50N8O5S/c1-24-34(44)39(2)31-12-13-32(37-33(31)43(24)29-14-16-42(17-15-29)35(45)46)36-27-4-3-5-30(22-27)49(47,48)38-26-8-10-28(11-9-26)41-20-18-40(19-21-41)23-25-6-7-25/h3-5,12-13,22,24-26,28-29,38H,6-11,14-21,23H2,1-2H3,(H,36,37)(H,45,46)/t24-,26?,28?/m1/s1. The molecule has 0 radical (unpaired) electrons. The van der Waals surface area contributed by atoms with Crippen LogP contribution in [0.2, 0.25) is 0 Å². The second-order valence-electron chi connectivity index (χ2n) is 14.6. The number of rotatable bonds is 9. The van der Waals surface area contributed by atoms with Gasteiger partial charge in [0.05, 0.1) is 10.6 Å². The van der Waals surface area contributed by atoms with E-state index in [0.717, 1.165) is 57.8 Å². The van der Waals surface area contributed by atoms with Crippen molar-refractivity contribution < 1.29 is 23.1 Å². The van der Waals surface area contributed by atoms with Gasteiger partial charge in [-0.05, 0) is 94.5 Å². The zero-order valence-corrected chi connectivity index (χ0v) is 29.4. The first-order valence-electron chi connectivity index (χ1n) is 18.0. The lowest BCUT2D eigenvalue weighted by atomic mass is 9.90. The zero-order valence-electron chi connectivity index (χ0n) is 28.6. The molecule has 14 heteroatoms. The van der Waals surface area contributed by atoms with E-state index in [4.69, 9.17) is 4.98 Å². The first-order chi connectivity index (χ1) is 23.6. The van der Waals surface area contributed by atoms with E-state index in [-0.39, 0.29) is 22.9 Å². The van der Waals surface area contributed by atoms with E-state index in [9.17, 15) is 23.1 Å². The number of aromatic nitrogens is 1. The molecule has 5 aliphatic rings. The van der Waals surface area contributed by atoms with E-state index in [1.807, 2.05) is 24.0 Å². The number of hydrogen-bond donors (Lipinski definition) is 3. The van der Waals surface area contributed by atoms with Crippen molar-refractivity contribution in [3.63, 3.8) is 0 Å². The van der Waals surface area contributed by atoms with Crippen LogP contribution in [-0.4, -0.2) is 122 Å². The summed E-state index contributed by atoms with van der Waals surface area (Å²) in [6.07, 6.45) is 6.75. The number of likely N-dealkylation sites (tertiary alicyclic amines) is 1. The van der Waals surface area contributed by atoms with Gasteiger partial charge in [0.1, 0.15) is 11.9 Å². The maximum absolute atomic E-state index is 13.5. The maximum atomic E-state index is 13.5. The van der Waals surface area contributed by atoms with Gasteiger partial charge in [0, 0.05) is 76.7 Å². The highest BCUT2D eigenvalue weighted by atomic mass is 32.2. The summed E-state index contributed by atoms with van der Waals surface area (Å²) in [5, 5.41) is 12.7. The molecule has 1 atom stereocenters. The number of benzene rings is 1. The van der Waals surface area contributed by atoms with Gasteiger partial charge in [0.25, 0.3) is 0 Å². The Morgan fingerprint density at radius 3 is 2.31 bits per heavy atom. The topological polar surface area (TPSA) is 142 Å². The second-order valence-corrected chi connectivity index (χ2v) is 16.3. The van der Waals surface area contributed by atoms with Crippen LogP contribution in [0.15, 0.2) is 41.3 Å². The number of pyridine rings is 1. The Balaban J connectivity index is 0.984. The lowest BCUT2D eigenvalue weighted by Crippen LogP contribution is -2.57. The summed E-state index contributed by atoms with van der Waals surface area (Å²) in [5.41, 5.74) is 1.27. The van der Waals surface area contributed by atoms with Crippen LogP contribution in [0, 0.1) is 5.92 Å². The minimum absolute atomic E-state index is 0.0403. The first kappa shape index (κ1) is 34.0. The Morgan fingerprint density at radius 1 is 0.918 bits per heavy atom. The molecule has 266 valence electrons. The number of nitrogens with zero attached hydrogens (tertiary/aromatic N) is 6. The van der Waals surface area contributed by atoms with Gasteiger partial charge < -0.3 is 30.0 Å². The summed E-state index contributed by atoms with van der Waals surface area (Å²) in [6, 6.07) is 10.4. The van der Waals surface area contributed by atoms with Crippen molar-refractivity contribution in [3.05, 3.63) is 36.4 Å². The predicted octanol–water partition coefficient (Wildman–Crippen LogP) is 3.76. The van der Waals surface area contributed by atoms with Gasteiger partial charge in [-0.3, -0.25) is 9.69 Å². The number of piperazine rings is 1. The van der Waals surface area contributed by atoms with Crippen molar-refractivity contribution in [1.82, 2.24) is 24.4 Å². The van der Waals surface area contributed by atoms with Crippen molar-refractivity contribution in [2.75, 3.05) is 68.0 Å². The molecule has 2 aliphatic carbocycles. The van der Waals surface area contributed by atoms with E-state index in [1.54, 1.807) is 36.2 Å².